The SMILES string of the molecule is Cn1ccc2cc(CCS(=O)(=O)Cl)ccc21. The summed E-state index contributed by atoms with van der Waals surface area (Å²) in [6, 6.07) is 7.93. The van der Waals surface area contributed by atoms with Crippen LogP contribution >= 0.6 is 10.7 Å². The Morgan fingerprint density at radius 3 is 2.75 bits per heavy atom. The molecule has 0 saturated heterocycles. The van der Waals surface area contributed by atoms with Gasteiger partial charge in [-0.05, 0) is 35.6 Å². The zero-order valence-corrected chi connectivity index (χ0v) is 10.4. The number of hydrogen-bond acceptors (Lipinski definition) is 2. The fourth-order valence-corrected chi connectivity index (χ4v) is 2.44. The highest BCUT2D eigenvalue weighted by Crippen LogP contribution is 2.17. The smallest absolute Gasteiger partial charge is 0.232 e. The maximum atomic E-state index is 10.8. The van der Waals surface area contributed by atoms with Gasteiger partial charge in [-0.1, -0.05) is 6.07 Å². The van der Waals surface area contributed by atoms with E-state index in [0.29, 0.717) is 6.42 Å². The maximum Gasteiger partial charge on any atom is 0.232 e. The summed E-state index contributed by atoms with van der Waals surface area (Å²) in [5.41, 5.74) is 2.13. The maximum absolute atomic E-state index is 10.8. The van der Waals surface area contributed by atoms with Gasteiger partial charge in [0.15, 0.2) is 0 Å². The second-order valence-corrected chi connectivity index (χ2v) is 6.71. The van der Waals surface area contributed by atoms with Crippen LogP contribution in [0.4, 0.5) is 0 Å². The highest BCUT2D eigenvalue weighted by atomic mass is 35.7. The van der Waals surface area contributed by atoms with E-state index < -0.39 is 9.05 Å². The van der Waals surface area contributed by atoms with Crippen molar-refractivity contribution in [3.63, 3.8) is 0 Å². The van der Waals surface area contributed by atoms with Gasteiger partial charge in [-0.15, -0.1) is 0 Å². The number of halogens is 1. The molecule has 2 aromatic rings. The highest BCUT2D eigenvalue weighted by molar-refractivity contribution is 8.13. The van der Waals surface area contributed by atoms with Crippen LogP contribution in [0.3, 0.4) is 0 Å². The van der Waals surface area contributed by atoms with Gasteiger partial charge in [0.05, 0.1) is 5.75 Å². The van der Waals surface area contributed by atoms with E-state index in [9.17, 15) is 8.42 Å². The lowest BCUT2D eigenvalue weighted by Crippen LogP contribution is -2.00. The number of nitrogens with zero attached hydrogens (tertiary/aromatic N) is 1. The van der Waals surface area contributed by atoms with Gasteiger partial charge in [-0.3, -0.25) is 0 Å². The predicted molar refractivity (Wildman–Crippen MR) is 66.3 cm³/mol. The number of fused-ring (bicyclic) bond motifs is 1. The van der Waals surface area contributed by atoms with Crippen molar-refractivity contribution in [3.8, 4) is 0 Å². The van der Waals surface area contributed by atoms with Crippen molar-refractivity contribution >= 4 is 30.6 Å². The van der Waals surface area contributed by atoms with Crippen molar-refractivity contribution < 1.29 is 8.42 Å². The molecule has 0 saturated carbocycles. The zero-order chi connectivity index (χ0) is 11.8. The molecule has 0 bridgehead atoms. The van der Waals surface area contributed by atoms with E-state index in [1.54, 1.807) is 0 Å². The van der Waals surface area contributed by atoms with Gasteiger partial charge < -0.3 is 4.57 Å². The van der Waals surface area contributed by atoms with Crippen LogP contribution in [0.15, 0.2) is 30.5 Å². The van der Waals surface area contributed by atoms with E-state index >= 15 is 0 Å². The third kappa shape index (κ3) is 2.57. The summed E-state index contributed by atoms with van der Waals surface area (Å²) in [7, 11) is 3.75. The first-order valence-electron chi connectivity index (χ1n) is 4.92. The van der Waals surface area contributed by atoms with Crippen LogP contribution in [0.2, 0.25) is 0 Å². The fraction of sp³-hybridized carbons (Fsp3) is 0.273. The zero-order valence-electron chi connectivity index (χ0n) is 8.85. The van der Waals surface area contributed by atoms with Crippen LogP contribution in [-0.2, 0) is 22.5 Å². The largest absolute Gasteiger partial charge is 0.351 e. The van der Waals surface area contributed by atoms with Crippen molar-refractivity contribution in [1.82, 2.24) is 4.57 Å². The Morgan fingerprint density at radius 2 is 2.06 bits per heavy atom. The molecule has 0 aliphatic carbocycles. The quantitative estimate of drug-likeness (QED) is 0.792. The van der Waals surface area contributed by atoms with Crippen LogP contribution in [0.5, 0.6) is 0 Å². The van der Waals surface area contributed by atoms with Crippen LogP contribution < -0.4 is 0 Å². The molecular formula is C11H12ClNO2S. The second kappa shape index (κ2) is 4.11. The summed E-state index contributed by atoms with van der Waals surface area (Å²) in [5.74, 6) is -0.0209. The summed E-state index contributed by atoms with van der Waals surface area (Å²) in [4.78, 5) is 0. The third-order valence-electron chi connectivity index (χ3n) is 2.58. The van der Waals surface area contributed by atoms with E-state index in [1.165, 1.54) is 0 Å². The van der Waals surface area contributed by atoms with E-state index in [-0.39, 0.29) is 5.75 Å². The van der Waals surface area contributed by atoms with Crippen LogP contribution in [-0.4, -0.2) is 18.7 Å². The Balaban J connectivity index is 2.26. The molecule has 16 heavy (non-hydrogen) atoms. The molecule has 0 aliphatic heterocycles. The molecule has 0 fully saturated rings. The molecule has 0 N–H and O–H groups in total. The summed E-state index contributed by atoms with van der Waals surface area (Å²) in [6.07, 6.45) is 2.43. The van der Waals surface area contributed by atoms with Gasteiger partial charge in [-0.25, -0.2) is 8.42 Å². The van der Waals surface area contributed by atoms with E-state index in [0.717, 1.165) is 16.5 Å². The molecule has 0 spiro atoms. The lowest BCUT2D eigenvalue weighted by atomic mass is 10.1. The van der Waals surface area contributed by atoms with E-state index in [4.69, 9.17) is 10.7 Å². The Kier molecular flexibility index (Phi) is 2.95. The molecule has 2 rings (SSSR count). The van der Waals surface area contributed by atoms with Gasteiger partial charge in [0.2, 0.25) is 9.05 Å². The van der Waals surface area contributed by atoms with Crippen LogP contribution in [0.1, 0.15) is 5.56 Å². The van der Waals surface area contributed by atoms with E-state index in [1.807, 2.05) is 42.1 Å². The Morgan fingerprint density at radius 1 is 1.31 bits per heavy atom. The molecule has 0 unspecified atom stereocenters. The van der Waals surface area contributed by atoms with Gasteiger partial charge in [0, 0.05) is 29.4 Å². The Bertz CT molecular complexity index is 616. The predicted octanol–water partition coefficient (Wildman–Crippen LogP) is 2.29. The molecule has 0 amide bonds. The van der Waals surface area contributed by atoms with Crippen molar-refractivity contribution in [3.05, 3.63) is 36.0 Å². The topological polar surface area (TPSA) is 39.1 Å². The van der Waals surface area contributed by atoms with Gasteiger partial charge in [-0.2, -0.15) is 0 Å². The summed E-state index contributed by atoms with van der Waals surface area (Å²) >= 11 is 0. The first-order valence-corrected chi connectivity index (χ1v) is 7.40. The molecule has 0 atom stereocenters. The minimum atomic E-state index is -3.40. The van der Waals surface area contributed by atoms with Gasteiger partial charge in [0.25, 0.3) is 0 Å². The first kappa shape index (κ1) is 11.5. The minimum absolute atomic E-state index is 0.0209. The number of hydrogen-bond donors (Lipinski definition) is 0. The summed E-state index contributed by atoms with van der Waals surface area (Å²) < 4.78 is 23.7. The molecule has 1 heterocycles. The molecular weight excluding hydrogens is 246 g/mol. The number of benzene rings is 1. The number of aromatic nitrogens is 1. The van der Waals surface area contributed by atoms with Crippen molar-refractivity contribution in [2.24, 2.45) is 7.05 Å². The Labute approximate surface area is 99.1 Å². The van der Waals surface area contributed by atoms with Crippen molar-refractivity contribution in [1.29, 1.82) is 0 Å². The molecule has 3 nitrogen and oxygen atoms in total. The molecule has 0 radical (unpaired) electrons. The van der Waals surface area contributed by atoms with Gasteiger partial charge >= 0.3 is 0 Å². The van der Waals surface area contributed by atoms with Crippen LogP contribution in [0.25, 0.3) is 10.9 Å². The standard InChI is InChI=1S/C11H12ClNO2S/c1-13-6-4-10-8-9(2-3-11(10)13)5-7-16(12,14)15/h2-4,6,8H,5,7H2,1H3. The normalized spacial score (nSPS) is 12.1. The lowest BCUT2D eigenvalue weighted by molar-refractivity contribution is 0.609. The van der Waals surface area contributed by atoms with E-state index in [2.05, 4.69) is 0 Å². The van der Waals surface area contributed by atoms with Gasteiger partial charge in [0.1, 0.15) is 0 Å². The molecule has 0 aliphatic rings. The highest BCUT2D eigenvalue weighted by Gasteiger charge is 2.06. The number of aryl methyl sites for hydroxylation is 2. The second-order valence-electron chi connectivity index (χ2n) is 3.81. The first-order chi connectivity index (χ1) is 7.46. The average Bonchev–Trinajstić information content (AvgIpc) is 2.56. The molecule has 5 heteroatoms. The monoisotopic (exact) mass is 257 g/mol. The number of rotatable bonds is 3. The van der Waals surface area contributed by atoms with Crippen molar-refractivity contribution in [2.45, 2.75) is 6.42 Å². The molecule has 86 valence electrons. The Hall–Kier alpha value is -1.00. The summed E-state index contributed by atoms with van der Waals surface area (Å²) in [6.45, 7) is 0. The fourth-order valence-electron chi connectivity index (χ4n) is 1.73. The molecule has 1 aromatic carbocycles. The molecule has 1 aromatic heterocycles. The average molecular weight is 258 g/mol. The van der Waals surface area contributed by atoms with Crippen LogP contribution in [0, 0.1) is 0 Å². The minimum Gasteiger partial charge on any atom is -0.351 e. The van der Waals surface area contributed by atoms with Crippen molar-refractivity contribution in [2.75, 3.05) is 5.75 Å². The lowest BCUT2D eigenvalue weighted by Gasteiger charge is -2.01. The third-order valence-corrected chi connectivity index (χ3v) is 3.74. The summed E-state index contributed by atoms with van der Waals surface area (Å²) in [5, 5.41) is 1.12.